The molecule has 0 amide bonds. The maximum atomic E-state index is 13.0. The molecule has 0 radical (unpaired) electrons. The molecule has 0 saturated carbocycles. The molecule has 2 aromatic heterocycles. The van der Waals surface area contributed by atoms with E-state index in [1.165, 1.54) is 10.4 Å². The van der Waals surface area contributed by atoms with E-state index in [9.17, 15) is 21.6 Å². The first-order valence-electron chi connectivity index (χ1n) is 8.03. The molecule has 1 fully saturated rings. The molecule has 1 aliphatic rings. The molecule has 2 aromatic rings. The second kappa shape index (κ2) is 6.95. The van der Waals surface area contributed by atoms with Crippen LogP contribution in [0.2, 0.25) is 0 Å². The zero-order valence-electron chi connectivity index (χ0n) is 14.2. The van der Waals surface area contributed by atoms with Gasteiger partial charge in [-0.15, -0.1) is 11.3 Å². The van der Waals surface area contributed by atoms with E-state index in [1.807, 2.05) is 5.10 Å². The van der Waals surface area contributed by atoms with Gasteiger partial charge in [0.05, 0.1) is 9.77 Å². The van der Waals surface area contributed by atoms with Crippen LogP contribution in [0.25, 0.3) is 10.6 Å². The predicted molar refractivity (Wildman–Crippen MR) is 92.5 cm³/mol. The molecular weight excluding hydrogens is 389 g/mol. The highest BCUT2D eigenvalue weighted by Crippen LogP contribution is 2.37. The zero-order valence-corrected chi connectivity index (χ0v) is 15.9. The van der Waals surface area contributed by atoms with Gasteiger partial charge < -0.3 is 5.32 Å². The summed E-state index contributed by atoms with van der Waals surface area (Å²) < 4.78 is 65.5. The highest BCUT2D eigenvalue weighted by atomic mass is 32.2. The lowest BCUT2D eigenvalue weighted by atomic mass is 10.1. The Labute approximate surface area is 153 Å². The van der Waals surface area contributed by atoms with Gasteiger partial charge in [0.15, 0.2) is 0 Å². The largest absolute Gasteiger partial charge is 0.432 e. The number of aryl methyl sites for hydroxylation is 1. The average Bonchev–Trinajstić information content (AvgIpc) is 3.21. The molecule has 0 aromatic carbocycles. The van der Waals surface area contributed by atoms with Gasteiger partial charge in [-0.25, -0.2) is 8.42 Å². The number of rotatable bonds is 4. The third kappa shape index (κ3) is 3.66. The molecule has 0 spiro atoms. The quantitative estimate of drug-likeness (QED) is 0.816. The standard InChI is InChI=1S/C15H19F3N4O2S2/c1-9-13(26(23,24)22(2)10-3-5-19-6-4-10)8-12(25-9)11-7-14(21-20-11)15(16,17)18/h7-8,10,19H,3-6H2,1-2H3,(H,20,21). The van der Waals surface area contributed by atoms with E-state index in [4.69, 9.17) is 0 Å². The van der Waals surface area contributed by atoms with Gasteiger partial charge in [0, 0.05) is 18.0 Å². The Hall–Kier alpha value is -1.43. The summed E-state index contributed by atoms with van der Waals surface area (Å²) in [6.45, 7) is 3.16. The lowest BCUT2D eigenvalue weighted by molar-refractivity contribution is -0.141. The van der Waals surface area contributed by atoms with E-state index in [2.05, 4.69) is 10.4 Å². The number of hydrogen-bond acceptors (Lipinski definition) is 5. The molecule has 11 heteroatoms. The van der Waals surface area contributed by atoms with E-state index in [1.54, 1.807) is 14.0 Å². The number of hydrogen-bond donors (Lipinski definition) is 2. The van der Waals surface area contributed by atoms with Crippen LogP contribution in [-0.2, 0) is 16.2 Å². The molecule has 3 rings (SSSR count). The fourth-order valence-electron chi connectivity index (χ4n) is 2.96. The van der Waals surface area contributed by atoms with Gasteiger partial charge in [0.1, 0.15) is 11.4 Å². The van der Waals surface area contributed by atoms with Crippen LogP contribution in [0.4, 0.5) is 13.2 Å². The summed E-state index contributed by atoms with van der Waals surface area (Å²) in [4.78, 5) is 1.03. The Balaban J connectivity index is 1.91. The maximum Gasteiger partial charge on any atom is 0.432 e. The minimum absolute atomic E-state index is 0.0800. The van der Waals surface area contributed by atoms with Gasteiger partial charge in [-0.2, -0.15) is 22.6 Å². The lowest BCUT2D eigenvalue weighted by Crippen LogP contribution is -2.43. The Morgan fingerprint density at radius 2 is 1.92 bits per heavy atom. The SMILES string of the molecule is Cc1sc(-c2cc(C(F)(F)F)[nH]n2)cc1S(=O)(=O)N(C)C1CCNCC1. The number of thiophene rings is 1. The van der Waals surface area contributed by atoms with E-state index in [0.717, 1.165) is 43.3 Å². The van der Waals surface area contributed by atoms with Crippen LogP contribution in [0.1, 0.15) is 23.4 Å². The Morgan fingerprint density at radius 3 is 2.50 bits per heavy atom. The van der Waals surface area contributed by atoms with Crippen molar-refractivity contribution in [2.75, 3.05) is 20.1 Å². The molecule has 26 heavy (non-hydrogen) atoms. The van der Waals surface area contributed by atoms with Crippen molar-refractivity contribution >= 4 is 21.4 Å². The van der Waals surface area contributed by atoms with Gasteiger partial charge in [0.25, 0.3) is 0 Å². The molecular formula is C15H19F3N4O2S2. The van der Waals surface area contributed by atoms with Gasteiger partial charge in [-0.05, 0) is 45.0 Å². The first-order chi connectivity index (χ1) is 12.1. The first kappa shape index (κ1) is 19.3. The predicted octanol–water partition coefficient (Wildman–Crippen LogP) is 2.84. The van der Waals surface area contributed by atoms with Crippen LogP contribution in [0.15, 0.2) is 17.0 Å². The number of H-pyrrole nitrogens is 1. The smallest absolute Gasteiger partial charge is 0.317 e. The molecule has 0 unspecified atom stereocenters. The zero-order chi connectivity index (χ0) is 19.1. The summed E-state index contributed by atoms with van der Waals surface area (Å²) in [5, 5.41) is 8.81. The molecule has 0 aliphatic carbocycles. The fourth-order valence-corrected chi connectivity index (χ4v) is 5.90. The third-order valence-electron chi connectivity index (χ3n) is 4.49. The van der Waals surface area contributed by atoms with Crippen molar-refractivity contribution in [1.29, 1.82) is 0 Å². The topological polar surface area (TPSA) is 78.1 Å². The Bertz CT molecular complexity index is 883. The van der Waals surface area contributed by atoms with E-state index in [0.29, 0.717) is 9.75 Å². The summed E-state index contributed by atoms with van der Waals surface area (Å²) in [5.41, 5.74) is -0.883. The molecule has 0 atom stereocenters. The van der Waals surface area contributed by atoms with Crippen LogP contribution in [0.5, 0.6) is 0 Å². The Kier molecular flexibility index (Phi) is 5.17. The van der Waals surface area contributed by atoms with Crippen LogP contribution in [0.3, 0.4) is 0 Å². The summed E-state index contributed by atoms with van der Waals surface area (Å²) in [6, 6.07) is 2.20. The number of piperidine rings is 1. The fraction of sp³-hybridized carbons (Fsp3) is 0.533. The van der Waals surface area contributed by atoms with Crippen LogP contribution in [0, 0.1) is 6.92 Å². The number of nitrogens with one attached hydrogen (secondary N) is 2. The van der Waals surface area contributed by atoms with Gasteiger partial charge in [-0.1, -0.05) is 0 Å². The number of aromatic nitrogens is 2. The molecule has 6 nitrogen and oxygen atoms in total. The van der Waals surface area contributed by atoms with Crippen molar-refractivity contribution in [2.24, 2.45) is 0 Å². The molecule has 0 bridgehead atoms. The summed E-state index contributed by atoms with van der Waals surface area (Å²) in [5.74, 6) is 0. The second-order valence-electron chi connectivity index (χ2n) is 6.20. The maximum absolute atomic E-state index is 13.0. The number of halogens is 3. The summed E-state index contributed by atoms with van der Waals surface area (Å²) in [7, 11) is -2.17. The second-order valence-corrected chi connectivity index (χ2v) is 9.42. The number of aromatic amines is 1. The van der Waals surface area contributed by atoms with E-state index in [-0.39, 0.29) is 16.6 Å². The van der Waals surface area contributed by atoms with Crippen molar-refractivity contribution in [2.45, 2.75) is 36.9 Å². The van der Waals surface area contributed by atoms with Crippen LogP contribution in [-0.4, -0.2) is 49.1 Å². The van der Waals surface area contributed by atoms with Crippen molar-refractivity contribution in [1.82, 2.24) is 19.8 Å². The first-order valence-corrected chi connectivity index (χ1v) is 10.3. The van der Waals surface area contributed by atoms with E-state index < -0.39 is 21.9 Å². The third-order valence-corrected chi connectivity index (χ3v) is 7.73. The lowest BCUT2D eigenvalue weighted by Gasteiger charge is -2.30. The van der Waals surface area contributed by atoms with E-state index >= 15 is 0 Å². The highest BCUT2D eigenvalue weighted by Gasteiger charge is 2.34. The molecule has 1 aliphatic heterocycles. The monoisotopic (exact) mass is 408 g/mol. The van der Waals surface area contributed by atoms with Crippen LogP contribution < -0.4 is 5.32 Å². The van der Waals surface area contributed by atoms with Crippen molar-refractivity contribution in [3.63, 3.8) is 0 Å². The number of nitrogens with zero attached hydrogens (tertiary/aromatic N) is 2. The number of sulfonamides is 1. The summed E-state index contributed by atoms with van der Waals surface area (Å²) >= 11 is 1.11. The van der Waals surface area contributed by atoms with Crippen molar-refractivity contribution in [3.8, 4) is 10.6 Å². The molecule has 144 valence electrons. The van der Waals surface area contributed by atoms with Gasteiger partial charge in [-0.3, -0.25) is 5.10 Å². The highest BCUT2D eigenvalue weighted by molar-refractivity contribution is 7.89. The minimum atomic E-state index is -4.53. The van der Waals surface area contributed by atoms with Gasteiger partial charge >= 0.3 is 6.18 Å². The molecule has 3 heterocycles. The molecule has 1 saturated heterocycles. The van der Waals surface area contributed by atoms with Crippen LogP contribution >= 0.6 is 11.3 Å². The van der Waals surface area contributed by atoms with Crippen molar-refractivity contribution < 1.29 is 21.6 Å². The average molecular weight is 408 g/mol. The van der Waals surface area contributed by atoms with Gasteiger partial charge in [0.2, 0.25) is 10.0 Å². The van der Waals surface area contributed by atoms with Crippen molar-refractivity contribution in [3.05, 3.63) is 22.7 Å². The minimum Gasteiger partial charge on any atom is -0.317 e. The molecule has 2 N–H and O–H groups in total. The number of alkyl halides is 3. The normalized spacial score (nSPS) is 17.2. The Morgan fingerprint density at radius 1 is 1.27 bits per heavy atom. The summed E-state index contributed by atoms with van der Waals surface area (Å²) in [6.07, 6.45) is -3.08.